The first-order valence-electron chi connectivity index (χ1n) is 5.47. The summed E-state index contributed by atoms with van der Waals surface area (Å²) in [5.74, 6) is 0. The summed E-state index contributed by atoms with van der Waals surface area (Å²) >= 11 is 0. The van der Waals surface area contributed by atoms with Crippen molar-refractivity contribution in [2.75, 3.05) is 13.1 Å². The van der Waals surface area contributed by atoms with E-state index in [1.807, 2.05) is 25.7 Å². The lowest BCUT2D eigenvalue weighted by Gasteiger charge is -2.26. The molecule has 1 heterocycles. The van der Waals surface area contributed by atoms with Gasteiger partial charge >= 0.3 is 6.09 Å². The Hall–Kier alpha value is -0.730. The fraction of sp³-hybridized carbons (Fsp3) is 0.909. The number of likely N-dealkylation sites (tertiary alicyclic amines) is 1. The summed E-state index contributed by atoms with van der Waals surface area (Å²) in [5, 5.41) is 0. The van der Waals surface area contributed by atoms with Crippen LogP contribution >= 0.6 is 0 Å². The fourth-order valence-electron chi connectivity index (χ4n) is 1.58. The highest BCUT2D eigenvalue weighted by atomic mass is 16.6. The molecular weight excluding hydrogens is 178 g/mol. The van der Waals surface area contributed by atoms with E-state index in [0.717, 1.165) is 25.9 Å². The Morgan fingerprint density at radius 3 is 2.00 bits per heavy atom. The Morgan fingerprint density at radius 2 is 1.57 bits per heavy atom. The summed E-state index contributed by atoms with van der Waals surface area (Å²) in [6.45, 7) is 7.43. The number of carbonyl (C=O) groups excluding carboxylic acids is 1. The van der Waals surface area contributed by atoms with E-state index in [1.54, 1.807) is 0 Å². The first-order chi connectivity index (χ1) is 6.49. The molecule has 0 aromatic carbocycles. The highest BCUT2D eigenvalue weighted by Crippen LogP contribution is 2.14. The van der Waals surface area contributed by atoms with E-state index in [-0.39, 0.29) is 11.7 Å². The van der Waals surface area contributed by atoms with E-state index in [2.05, 4.69) is 0 Å². The summed E-state index contributed by atoms with van der Waals surface area (Å²) in [5.41, 5.74) is -0.372. The van der Waals surface area contributed by atoms with Crippen molar-refractivity contribution in [3.05, 3.63) is 0 Å². The van der Waals surface area contributed by atoms with Crippen LogP contribution in [0.15, 0.2) is 0 Å². The molecule has 0 bridgehead atoms. The minimum Gasteiger partial charge on any atom is -0.444 e. The number of hydrogen-bond acceptors (Lipinski definition) is 2. The fourth-order valence-corrected chi connectivity index (χ4v) is 1.58. The SMILES string of the molecule is CC(C)(C)OC(=O)N1CCCCCC1. The molecule has 14 heavy (non-hydrogen) atoms. The highest BCUT2D eigenvalue weighted by molar-refractivity contribution is 5.68. The van der Waals surface area contributed by atoms with Crippen molar-refractivity contribution in [3.63, 3.8) is 0 Å². The van der Waals surface area contributed by atoms with Gasteiger partial charge in [-0.1, -0.05) is 12.8 Å². The zero-order valence-electron chi connectivity index (χ0n) is 9.51. The lowest BCUT2D eigenvalue weighted by Crippen LogP contribution is -2.37. The molecular formula is C11H21NO2. The molecule has 0 radical (unpaired) electrons. The van der Waals surface area contributed by atoms with Crippen molar-refractivity contribution in [3.8, 4) is 0 Å². The molecule has 0 N–H and O–H groups in total. The third kappa shape index (κ3) is 3.99. The molecule has 1 amide bonds. The molecule has 0 atom stereocenters. The number of nitrogens with zero attached hydrogens (tertiary/aromatic N) is 1. The largest absolute Gasteiger partial charge is 0.444 e. The smallest absolute Gasteiger partial charge is 0.410 e. The van der Waals surface area contributed by atoms with Crippen molar-refractivity contribution >= 4 is 6.09 Å². The second-order valence-corrected chi connectivity index (χ2v) is 4.88. The average Bonchev–Trinajstić information content (AvgIpc) is 2.27. The van der Waals surface area contributed by atoms with E-state index < -0.39 is 0 Å². The van der Waals surface area contributed by atoms with E-state index in [0.29, 0.717) is 0 Å². The van der Waals surface area contributed by atoms with Crippen LogP contribution in [-0.4, -0.2) is 29.7 Å². The van der Waals surface area contributed by atoms with Crippen molar-refractivity contribution < 1.29 is 9.53 Å². The molecule has 1 rings (SSSR count). The molecule has 0 aromatic rings. The van der Waals surface area contributed by atoms with Crippen LogP contribution in [0.3, 0.4) is 0 Å². The number of amides is 1. The van der Waals surface area contributed by atoms with Gasteiger partial charge in [0.15, 0.2) is 0 Å². The molecule has 0 aromatic heterocycles. The molecule has 1 saturated heterocycles. The maximum absolute atomic E-state index is 11.7. The third-order valence-electron chi connectivity index (χ3n) is 2.26. The molecule has 0 unspecified atom stereocenters. The van der Waals surface area contributed by atoms with Crippen molar-refractivity contribution in [1.82, 2.24) is 4.90 Å². The zero-order chi connectivity index (χ0) is 10.6. The van der Waals surface area contributed by atoms with E-state index in [4.69, 9.17) is 4.74 Å². The quantitative estimate of drug-likeness (QED) is 0.600. The van der Waals surface area contributed by atoms with Gasteiger partial charge in [-0.3, -0.25) is 0 Å². The second kappa shape index (κ2) is 4.67. The van der Waals surface area contributed by atoms with Crippen LogP contribution in [0.2, 0.25) is 0 Å². The Morgan fingerprint density at radius 1 is 1.07 bits per heavy atom. The summed E-state index contributed by atoms with van der Waals surface area (Å²) in [6, 6.07) is 0. The van der Waals surface area contributed by atoms with Crippen molar-refractivity contribution in [2.45, 2.75) is 52.1 Å². The van der Waals surface area contributed by atoms with Crippen LogP contribution in [0.1, 0.15) is 46.5 Å². The standard InChI is InChI=1S/C11H21NO2/c1-11(2,3)14-10(13)12-8-6-4-5-7-9-12/h4-9H2,1-3H3. The van der Waals surface area contributed by atoms with Crippen LogP contribution in [0.25, 0.3) is 0 Å². The van der Waals surface area contributed by atoms with Crippen LogP contribution in [0.4, 0.5) is 4.79 Å². The predicted octanol–water partition coefficient (Wildman–Crippen LogP) is 2.80. The van der Waals surface area contributed by atoms with Gasteiger partial charge < -0.3 is 9.64 Å². The second-order valence-electron chi connectivity index (χ2n) is 4.88. The van der Waals surface area contributed by atoms with Gasteiger partial charge in [-0.05, 0) is 33.6 Å². The molecule has 1 aliphatic rings. The Balaban J connectivity index is 2.42. The number of carbonyl (C=O) groups is 1. The highest BCUT2D eigenvalue weighted by Gasteiger charge is 2.22. The molecule has 82 valence electrons. The van der Waals surface area contributed by atoms with Gasteiger partial charge in [0.05, 0.1) is 0 Å². The molecule has 3 heteroatoms. The van der Waals surface area contributed by atoms with Crippen LogP contribution in [0.5, 0.6) is 0 Å². The minimum absolute atomic E-state index is 0.153. The summed E-state index contributed by atoms with van der Waals surface area (Å²) in [4.78, 5) is 13.5. The average molecular weight is 199 g/mol. The first kappa shape index (κ1) is 11.3. The van der Waals surface area contributed by atoms with Gasteiger partial charge in [0.1, 0.15) is 5.60 Å². The van der Waals surface area contributed by atoms with Gasteiger partial charge in [0, 0.05) is 13.1 Å². The first-order valence-corrected chi connectivity index (χ1v) is 5.47. The molecule has 1 fully saturated rings. The maximum Gasteiger partial charge on any atom is 0.410 e. The van der Waals surface area contributed by atoms with Gasteiger partial charge in [-0.25, -0.2) is 4.79 Å². The van der Waals surface area contributed by atoms with Gasteiger partial charge in [-0.2, -0.15) is 0 Å². The van der Waals surface area contributed by atoms with Crippen LogP contribution in [-0.2, 0) is 4.74 Å². The Bertz CT molecular complexity index is 188. The normalized spacial score (nSPS) is 18.9. The van der Waals surface area contributed by atoms with Gasteiger partial charge in [0.2, 0.25) is 0 Å². The predicted molar refractivity (Wildman–Crippen MR) is 56.3 cm³/mol. The van der Waals surface area contributed by atoms with Gasteiger partial charge in [-0.15, -0.1) is 0 Å². The molecule has 0 spiro atoms. The Labute approximate surface area is 86.4 Å². The lowest BCUT2D eigenvalue weighted by molar-refractivity contribution is 0.0257. The number of ether oxygens (including phenoxy) is 1. The maximum atomic E-state index is 11.7. The minimum atomic E-state index is -0.372. The molecule has 0 saturated carbocycles. The molecule has 3 nitrogen and oxygen atoms in total. The topological polar surface area (TPSA) is 29.5 Å². The monoisotopic (exact) mass is 199 g/mol. The summed E-state index contributed by atoms with van der Waals surface area (Å²) in [7, 11) is 0. The zero-order valence-corrected chi connectivity index (χ0v) is 9.51. The van der Waals surface area contributed by atoms with E-state index in [1.165, 1.54) is 12.8 Å². The Kier molecular flexibility index (Phi) is 3.78. The van der Waals surface area contributed by atoms with Gasteiger partial charge in [0.25, 0.3) is 0 Å². The van der Waals surface area contributed by atoms with E-state index >= 15 is 0 Å². The van der Waals surface area contributed by atoms with E-state index in [9.17, 15) is 4.79 Å². The molecule has 1 aliphatic heterocycles. The lowest BCUT2D eigenvalue weighted by atomic mass is 10.2. The number of hydrogen-bond donors (Lipinski definition) is 0. The summed E-state index contributed by atoms with van der Waals surface area (Å²) in [6.07, 6.45) is 4.54. The van der Waals surface area contributed by atoms with Crippen LogP contribution < -0.4 is 0 Å². The van der Waals surface area contributed by atoms with Crippen molar-refractivity contribution in [1.29, 1.82) is 0 Å². The van der Waals surface area contributed by atoms with Crippen LogP contribution in [0, 0.1) is 0 Å². The molecule has 0 aliphatic carbocycles. The summed E-state index contributed by atoms with van der Waals surface area (Å²) < 4.78 is 5.32. The third-order valence-corrected chi connectivity index (χ3v) is 2.26. The number of rotatable bonds is 0. The van der Waals surface area contributed by atoms with Crippen molar-refractivity contribution in [2.24, 2.45) is 0 Å².